The Morgan fingerprint density at radius 3 is 3.25 bits per heavy atom. The van der Waals surface area contributed by atoms with E-state index in [4.69, 9.17) is 4.52 Å². The van der Waals surface area contributed by atoms with Gasteiger partial charge in [-0.05, 0) is 23.6 Å². The van der Waals surface area contributed by atoms with Crippen LogP contribution in [0.2, 0.25) is 0 Å². The Balaban J connectivity index is 1.64. The predicted molar refractivity (Wildman–Crippen MR) is 73.2 cm³/mol. The van der Waals surface area contributed by atoms with Gasteiger partial charge in [0.1, 0.15) is 5.76 Å². The molecule has 0 atom stereocenters. The average Bonchev–Trinajstić information content (AvgIpc) is 3.13. The van der Waals surface area contributed by atoms with E-state index in [0.717, 1.165) is 28.6 Å². The quantitative estimate of drug-likeness (QED) is 0.736. The molecule has 1 aliphatic heterocycles. The van der Waals surface area contributed by atoms with E-state index in [-0.39, 0.29) is 5.91 Å². The summed E-state index contributed by atoms with van der Waals surface area (Å²) in [6.45, 7) is 1.24. The first-order chi connectivity index (χ1) is 9.81. The molecule has 1 aliphatic rings. The largest absolute Gasteiger partial charge is 0.361 e. The maximum absolute atomic E-state index is 12.6. The Morgan fingerprint density at radius 2 is 2.30 bits per heavy atom. The summed E-state index contributed by atoms with van der Waals surface area (Å²) in [5, 5.41) is 4.90. The van der Waals surface area contributed by atoms with Gasteiger partial charge in [-0.2, -0.15) is 0 Å². The van der Waals surface area contributed by atoms with Gasteiger partial charge in [0.15, 0.2) is 0 Å². The maximum Gasteiger partial charge on any atom is 0.254 e. The van der Waals surface area contributed by atoms with Crippen LogP contribution in [0.5, 0.6) is 0 Å². The summed E-state index contributed by atoms with van der Waals surface area (Å²) >= 11 is 0. The van der Waals surface area contributed by atoms with Gasteiger partial charge < -0.3 is 14.4 Å². The summed E-state index contributed by atoms with van der Waals surface area (Å²) in [5.41, 5.74) is 2.70. The molecule has 0 saturated heterocycles. The number of hydrogen-bond acceptors (Lipinski definition) is 3. The van der Waals surface area contributed by atoms with Gasteiger partial charge in [0.05, 0.1) is 12.7 Å². The second-order valence-corrected chi connectivity index (χ2v) is 5.03. The fourth-order valence-corrected chi connectivity index (χ4v) is 2.68. The van der Waals surface area contributed by atoms with Crippen LogP contribution in [0, 0.1) is 0 Å². The van der Waals surface area contributed by atoms with Crippen LogP contribution in [0.1, 0.15) is 21.7 Å². The second kappa shape index (κ2) is 4.23. The number of H-pyrrole nitrogens is 1. The highest BCUT2D eigenvalue weighted by Crippen LogP contribution is 2.21. The molecule has 1 N–H and O–H groups in total. The van der Waals surface area contributed by atoms with Crippen molar-refractivity contribution in [3.05, 3.63) is 53.5 Å². The predicted octanol–water partition coefficient (Wildman–Crippen LogP) is 2.35. The average molecular weight is 267 g/mol. The molecule has 0 aliphatic carbocycles. The first-order valence-corrected chi connectivity index (χ1v) is 6.60. The number of nitrogens with one attached hydrogen (secondary N) is 1. The molecule has 0 saturated carbocycles. The number of hydrogen-bond donors (Lipinski definition) is 1. The maximum atomic E-state index is 12.6. The van der Waals surface area contributed by atoms with Crippen molar-refractivity contribution >= 4 is 16.8 Å². The monoisotopic (exact) mass is 267 g/mol. The minimum atomic E-state index is 0.0494. The van der Waals surface area contributed by atoms with E-state index in [2.05, 4.69) is 10.1 Å². The summed E-state index contributed by atoms with van der Waals surface area (Å²) in [7, 11) is 0. The van der Waals surface area contributed by atoms with Crippen LogP contribution in [-0.2, 0) is 13.0 Å². The van der Waals surface area contributed by atoms with Crippen molar-refractivity contribution in [1.29, 1.82) is 0 Å². The van der Waals surface area contributed by atoms with E-state index in [1.807, 2.05) is 35.4 Å². The Labute approximate surface area is 115 Å². The number of rotatable bonds is 1. The van der Waals surface area contributed by atoms with Gasteiger partial charge in [0.25, 0.3) is 5.91 Å². The van der Waals surface area contributed by atoms with Crippen molar-refractivity contribution in [3.8, 4) is 0 Å². The third-order valence-corrected chi connectivity index (χ3v) is 3.79. The third kappa shape index (κ3) is 1.71. The number of nitrogens with zero attached hydrogens (tertiary/aromatic N) is 2. The highest BCUT2D eigenvalue weighted by atomic mass is 16.5. The lowest BCUT2D eigenvalue weighted by Crippen LogP contribution is -2.35. The molecule has 0 fully saturated rings. The molecule has 0 radical (unpaired) electrons. The third-order valence-electron chi connectivity index (χ3n) is 3.79. The van der Waals surface area contributed by atoms with Crippen molar-refractivity contribution in [2.45, 2.75) is 13.0 Å². The molecule has 100 valence electrons. The molecule has 0 bridgehead atoms. The van der Waals surface area contributed by atoms with Crippen LogP contribution in [0.15, 0.2) is 41.2 Å². The van der Waals surface area contributed by atoms with Crippen LogP contribution in [0.3, 0.4) is 0 Å². The van der Waals surface area contributed by atoms with Crippen molar-refractivity contribution < 1.29 is 9.32 Å². The lowest BCUT2D eigenvalue weighted by molar-refractivity contribution is 0.0729. The molecule has 3 heterocycles. The highest BCUT2D eigenvalue weighted by molar-refractivity contribution is 5.98. The molecule has 1 amide bonds. The smallest absolute Gasteiger partial charge is 0.254 e. The van der Waals surface area contributed by atoms with Gasteiger partial charge >= 0.3 is 0 Å². The molecule has 2 aromatic heterocycles. The van der Waals surface area contributed by atoms with E-state index in [0.29, 0.717) is 18.7 Å². The zero-order valence-electron chi connectivity index (χ0n) is 10.8. The van der Waals surface area contributed by atoms with Gasteiger partial charge in [-0.25, -0.2) is 0 Å². The van der Waals surface area contributed by atoms with Crippen molar-refractivity contribution in [2.24, 2.45) is 0 Å². The van der Waals surface area contributed by atoms with E-state index in [9.17, 15) is 4.79 Å². The standard InChI is InChI=1S/C15H13N3O2/c19-15(11-2-1-10-3-5-16-13(10)7-11)18-6-4-14-12(9-18)8-17-20-14/h1-3,5,7-8,16H,4,6,9H2. The normalized spacial score (nSPS) is 14.5. The molecule has 20 heavy (non-hydrogen) atoms. The first-order valence-electron chi connectivity index (χ1n) is 6.60. The number of carbonyl (C=O) groups excluding carboxylic acids is 1. The molecule has 4 rings (SSSR count). The van der Waals surface area contributed by atoms with E-state index < -0.39 is 0 Å². The Kier molecular flexibility index (Phi) is 2.39. The number of aromatic nitrogens is 2. The zero-order valence-corrected chi connectivity index (χ0v) is 10.8. The molecular formula is C15H13N3O2. The van der Waals surface area contributed by atoms with Crippen molar-refractivity contribution in [2.75, 3.05) is 6.54 Å². The van der Waals surface area contributed by atoms with Crippen LogP contribution in [0.25, 0.3) is 10.9 Å². The summed E-state index contributed by atoms with van der Waals surface area (Å²) in [4.78, 5) is 17.5. The van der Waals surface area contributed by atoms with Crippen LogP contribution in [-0.4, -0.2) is 27.5 Å². The van der Waals surface area contributed by atoms with E-state index >= 15 is 0 Å². The van der Waals surface area contributed by atoms with Crippen LogP contribution >= 0.6 is 0 Å². The Morgan fingerprint density at radius 1 is 1.35 bits per heavy atom. The Bertz CT molecular complexity index is 787. The highest BCUT2D eigenvalue weighted by Gasteiger charge is 2.24. The second-order valence-electron chi connectivity index (χ2n) is 5.03. The van der Waals surface area contributed by atoms with Gasteiger partial charge in [0, 0.05) is 35.8 Å². The van der Waals surface area contributed by atoms with E-state index in [1.165, 1.54) is 0 Å². The number of benzene rings is 1. The van der Waals surface area contributed by atoms with Crippen LogP contribution in [0.4, 0.5) is 0 Å². The van der Waals surface area contributed by atoms with Gasteiger partial charge in [0.2, 0.25) is 0 Å². The van der Waals surface area contributed by atoms with Gasteiger partial charge in [-0.15, -0.1) is 0 Å². The molecule has 0 unspecified atom stereocenters. The minimum Gasteiger partial charge on any atom is -0.361 e. The zero-order chi connectivity index (χ0) is 13.5. The lowest BCUT2D eigenvalue weighted by atomic mass is 10.1. The van der Waals surface area contributed by atoms with Gasteiger partial charge in [-0.3, -0.25) is 4.79 Å². The van der Waals surface area contributed by atoms with Crippen molar-refractivity contribution in [1.82, 2.24) is 15.0 Å². The number of carbonyl (C=O) groups is 1. The number of amides is 1. The molecule has 1 aromatic carbocycles. The fourth-order valence-electron chi connectivity index (χ4n) is 2.68. The molecule has 0 spiro atoms. The summed E-state index contributed by atoms with van der Waals surface area (Å²) < 4.78 is 5.14. The van der Waals surface area contributed by atoms with Gasteiger partial charge in [-0.1, -0.05) is 11.2 Å². The minimum absolute atomic E-state index is 0.0494. The molecule has 3 aromatic rings. The Hall–Kier alpha value is -2.56. The lowest BCUT2D eigenvalue weighted by Gasteiger charge is -2.25. The molecular weight excluding hydrogens is 254 g/mol. The number of fused-ring (bicyclic) bond motifs is 2. The summed E-state index contributed by atoms with van der Waals surface area (Å²) in [6.07, 6.45) is 4.30. The first kappa shape index (κ1) is 11.3. The number of aromatic amines is 1. The van der Waals surface area contributed by atoms with Crippen LogP contribution < -0.4 is 0 Å². The summed E-state index contributed by atoms with van der Waals surface area (Å²) in [5.74, 6) is 0.947. The molecule has 5 heteroatoms. The SMILES string of the molecule is O=C(c1ccc2cc[nH]c2c1)N1CCc2oncc2C1. The van der Waals surface area contributed by atoms with E-state index in [1.54, 1.807) is 6.20 Å². The van der Waals surface area contributed by atoms with Crippen molar-refractivity contribution in [3.63, 3.8) is 0 Å². The topological polar surface area (TPSA) is 62.1 Å². The fraction of sp³-hybridized carbons (Fsp3) is 0.200. The molecule has 5 nitrogen and oxygen atoms in total. The summed E-state index contributed by atoms with van der Waals surface area (Å²) in [6, 6.07) is 7.74.